The molecule has 0 fully saturated rings. The van der Waals surface area contributed by atoms with E-state index in [0.717, 1.165) is 17.4 Å². The summed E-state index contributed by atoms with van der Waals surface area (Å²) in [6, 6.07) is 1.78. The lowest BCUT2D eigenvalue weighted by Gasteiger charge is -2.07. The first-order chi connectivity index (χ1) is 7.19. The average molecular weight is 275 g/mol. The molecule has 0 aliphatic heterocycles. The van der Waals surface area contributed by atoms with Crippen molar-refractivity contribution in [2.75, 3.05) is 13.2 Å². The Kier molecular flexibility index (Phi) is 4.84. The number of halogens is 1. The summed E-state index contributed by atoms with van der Waals surface area (Å²) < 4.78 is 2.79. The van der Waals surface area contributed by atoms with Crippen LogP contribution in [-0.4, -0.2) is 28.7 Å². The van der Waals surface area contributed by atoms with E-state index >= 15 is 0 Å². The van der Waals surface area contributed by atoms with Gasteiger partial charge < -0.3 is 15.0 Å². The zero-order chi connectivity index (χ0) is 11.3. The number of aryl methyl sites for hydroxylation is 1. The fraction of sp³-hybridized carbons (Fsp3) is 0.500. The van der Waals surface area contributed by atoms with Gasteiger partial charge in [-0.2, -0.15) is 0 Å². The number of nitrogens with zero attached hydrogens (tertiary/aromatic N) is 1. The van der Waals surface area contributed by atoms with Crippen molar-refractivity contribution in [3.05, 3.63) is 22.4 Å². The lowest BCUT2D eigenvalue weighted by atomic mass is 10.4. The molecule has 5 heteroatoms. The third kappa shape index (κ3) is 3.35. The summed E-state index contributed by atoms with van der Waals surface area (Å²) in [5.74, 6) is -0.150. The van der Waals surface area contributed by atoms with E-state index in [1.54, 1.807) is 6.07 Å². The second-order valence-electron chi connectivity index (χ2n) is 3.22. The fourth-order valence-corrected chi connectivity index (χ4v) is 1.82. The summed E-state index contributed by atoms with van der Waals surface area (Å²) in [6.45, 7) is 3.12. The smallest absolute Gasteiger partial charge is 0.268 e. The molecule has 0 aliphatic carbocycles. The van der Waals surface area contributed by atoms with Crippen molar-refractivity contribution in [1.82, 2.24) is 9.88 Å². The minimum atomic E-state index is -0.150. The minimum absolute atomic E-state index is 0.0403. The molecule has 0 saturated carbocycles. The largest absolute Gasteiger partial charge is 0.395 e. The highest BCUT2D eigenvalue weighted by Crippen LogP contribution is 2.15. The second kappa shape index (κ2) is 5.92. The van der Waals surface area contributed by atoms with Crippen LogP contribution in [0.5, 0.6) is 0 Å². The molecule has 0 saturated heterocycles. The number of carbonyl (C=O) groups excluding carboxylic acids is 1. The molecule has 0 unspecified atom stereocenters. The number of hydrogen-bond donors (Lipinski definition) is 2. The summed E-state index contributed by atoms with van der Waals surface area (Å²) in [6.07, 6.45) is 2.86. The SMILES string of the molecule is CCCn1cc(Br)cc1C(=O)NCCO. The van der Waals surface area contributed by atoms with Crippen molar-refractivity contribution in [3.63, 3.8) is 0 Å². The highest BCUT2D eigenvalue weighted by molar-refractivity contribution is 9.10. The highest BCUT2D eigenvalue weighted by atomic mass is 79.9. The molecule has 0 atom stereocenters. The van der Waals surface area contributed by atoms with Crippen LogP contribution in [0.25, 0.3) is 0 Å². The predicted octanol–water partition coefficient (Wildman–Crippen LogP) is 1.38. The van der Waals surface area contributed by atoms with E-state index in [1.165, 1.54) is 0 Å². The molecular weight excluding hydrogens is 260 g/mol. The Morgan fingerprint density at radius 2 is 2.40 bits per heavy atom. The van der Waals surface area contributed by atoms with Gasteiger partial charge in [0.15, 0.2) is 0 Å². The van der Waals surface area contributed by atoms with Crippen molar-refractivity contribution in [2.45, 2.75) is 19.9 Å². The van der Waals surface area contributed by atoms with Gasteiger partial charge in [-0.25, -0.2) is 0 Å². The van der Waals surface area contributed by atoms with Crippen LogP contribution in [0.1, 0.15) is 23.8 Å². The molecular formula is C10H15BrN2O2. The van der Waals surface area contributed by atoms with Crippen molar-refractivity contribution in [1.29, 1.82) is 0 Å². The van der Waals surface area contributed by atoms with Gasteiger partial charge in [0, 0.05) is 23.8 Å². The third-order valence-electron chi connectivity index (χ3n) is 1.96. The lowest BCUT2D eigenvalue weighted by molar-refractivity contribution is 0.0935. The van der Waals surface area contributed by atoms with E-state index in [2.05, 4.69) is 28.2 Å². The van der Waals surface area contributed by atoms with Gasteiger partial charge >= 0.3 is 0 Å². The van der Waals surface area contributed by atoms with Gasteiger partial charge in [-0.05, 0) is 28.4 Å². The van der Waals surface area contributed by atoms with Crippen LogP contribution in [0.15, 0.2) is 16.7 Å². The van der Waals surface area contributed by atoms with Gasteiger partial charge in [0.1, 0.15) is 5.69 Å². The summed E-state index contributed by atoms with van der Waals surface area (Å²) >= 11 is 3.34. The van der Waals surface area contributed by atoms with Gasteiger partial charge in [-0.3, -0.25) is 4.79 Å². The molecule has 0 bridgehead atoms. The third-order valence-corrected chi connectivity index (χ3v) is 2.39. The van der Waals surface area contributed by atoms with Crippen molar-refractivity contribution in [3.8, 4) is 0 Å². The number of aliphatic hydroxyl groups is 1. The molecule has 0 spiro atoms. The van der Waals surface area contributed by atoms with Gasteiger partial charge in [-0.1, -0.05) is 6.92 Å². The molecule has 1 rings (SSSR count). The Morgan fingerprint density at radius 1 is 1.67 bits per heavy atom. The molecule has 15 heavy (non-hydrogen) atoms. The Bertz CT molecular complexity index is 336. The Hall–Kier alpha value is -0.810. The zero-order valence-electron chi connectivity index (χ0n) is 8.66. The number of nitrogens with one attached hydrogen (secondary N) is 1. The van der Waals surface area contributed by atoms with E-state index in [-0.39, 0.29) is 19.1 Å². The first-order valence-corrected chi connectivity index (χ1v) is 5.73. The monoisotopic (exact) mass is 274 g/mol. The van der Waals surface area contributed by atoms with Crippen molar-refractivity contribution >= 4 is 21.8 Å². The normalized spacial score (nSPS) is 10.3. The van der Waals surface area contributed by atoms with Crippen LogP contribution in [-0.2, 0) is 6.54 Å². The number of aliphatic hydroxyl groups excluding tert-OH is 1. The standard InChI is InChI=1S/C10H15BrN2O2/c1-2-4-13-7-8(11)6-9(13)10(15)12-3-5-14/h6-7,14H,2-5H2,1H3,(H,12,15). The molecule has 0 radical (unpaired) electrons. The van der Waals surface area contributed by atoms with Crippen molar-refractivity contribution in [2.24, 2.45) is 0 Å². The number of amides is 1. The van der Waals surface area contributed by atoms with Gasteiger partial charge in [0.05, 0.1) is 6.61 Å². The highest BCUT2D eigenvalue weighted by Gasteiger charge is 2.11. The molecule has 0 aromatic carbocycles. The van der Waals surface area contributed by atoms with Gasteiger partial charge in [0.25, 0.3) is 5.91 Å². The average Bonchev–Trinajstić information content (AvgIpc) is 2.57. The van der Waals surface area contributed by atoms with Gasteiger partial charge in [-0.15, -0.1) is 0 Å². The summed E-state index contributed by atoms with van der Waals surface area (Å²) in [7, 11) is 0. The maximum atomic E-state index is 11.6. The number of carbonyl (C=O) groups is 1. The summed E-state index contributed by atoms with van der Waals surface area (Å²) in [5, 5.41) is 11.2. The van der Waals surface area contributed by atoms with E-state index in [0.29, 0.717) is 5.69 Å². The van der Waals surface area contributed by atoms with E-state index in [9.17, 15) is 4.79 Å². The van der Waals surface area contributed by atoms with Crippen LogP contribution in [0.3, 0.4) is 0 Å². The van der Waals surface area contributed by atoms with E-state index < -0.39 is 0 Å². The number of hydrogen-bond acceptors (Lipinski definition) is 2. The maximum Gasteiger partial charge on any atom is 0.268 e. The van der Waals surface area contributed by atoms with Crippen LogP contribution < -0.4 is 5.32 Å². The van der Waals surface area contributed by atoms with Crippen LogP contribution in [0.2, 0.25) is 0 Å². The van der Waals surface area contributed by atoms with E-state index in [4.69, 9.17) is 5.11 Å². The molecule has 1 aromatic heterocycles. The lowest BCUT2D eigenvalue weighted by Crippen LogP contribution is -2.28. The fourth-order valence-electron chi connectivity index (χ4n) is 1.35. The number of rotatable bonds is 5. The van der Waals surface area contributed by atoms with Crippen LogP contribution in [0.4, 0.5) is 0 Å². The first kappa shape index (κ1) is 12.3. The molecule has 2 N–H and O–H groups in total. The van der Waals surface area contributed by atoms with Crippen LogP contribution >= 0.6 is 15.9 Å². The molecule has 4 nitrogen and oxygen atoms in total. The maximum absolute atomic E-state index is 11.6. The number of aromatic nitrogens is 1. The molecule has 0 aliphatic rings. The summed E-state index contributed by atoms with van der Waals surface area (Å²) in [5.41, 5.74) is 0.622. The Balaban J connectivity index is 2.77. The van der Waals surface area contributed by atoms with Crippen LogP contribution in [0, 0.1) is 0 Å². The quantitative estimate of drug-likeness (QED) is 0.853. The van der Waals surface area contributed by atoms with Crippen molar-refractivity contribution < 1.29 is 9.90 Å². The molecule has 1 aromatic rings. The predicted molar refractivity (Wildman–Crippen MR) is 61.8 cm³/mol. The second-order valence-corrected chi connectivity index (χ2v) is 4.13. The summed E-state index contributed by atoms with van der Waals surface area (Å²) in [4.78, 5) is 11.6. The molecule has 84 valence electrons. The Morgan fingerprint density at radius 3 is 3.00 bits per heavy atom. The van der Waals surface area contributed by atoms with E-state index in [1.807, 2.05) is 10.8 Å². The topological polar surface area (TPSA) is 54.3 Å². The zero-order valence-corrected chi connectivity index (χ0v) is 10.2. The first-order valence-electron chi connectivity index (χ1n) is 4.93. The molecule has 1 amide bonds. The Labute approximate surface area is 97.4 Å². The minimum Gasteiger partial charge on any atom is -0.395 e. The molecule has 1 heterocycles. The van der Waals surface area contributed by atoms with Gasteiger partial charge in [0.2, 0.25) is 0 Å².